The molecule has 0 spiro atoms. The number of hydrogen-bond donors (Lipinski definition) is 0. The van der Waals surface area contributed by atoms with Gasteiger partial charge in [0.2, 0.25) is 5.96 Å². The van der Waals surface area contributed by atoms with Crippen molar-refractivity contribution < 1.29 is 14.3 Å². The summed E-state index contributed by atoms with van der Waals surface area (Å²) in [7, 11) is 3.34. The first-order valence-electron chi connectivity index (χ1n) is 10.6. The molecule has 2 aromatic rings. The zero-order valence-electron chi connectivity index (χ0n) is 18.3. The monoisotopic (exact) mass is 431 g/mol. The predicted octanol–water partition coefficient (Wildman–Crippen LogP) is 2.88. The SMILES string of the molecule is COc1ccc(N2C(C)=CN3C2=NC2C3C(=O)N(CCc3ccccc3)C(=O)N2C)cc1. The minimum absolute atomic E-state index is 0.214. The molecule has 2 unspecified atom stereocenters. The second-order valence-corrected chi connectivity index (χ2v) is 8.12. The third-order valence-electron chi connectivity index (χ3n) is 6.19. The third kappa shape index (κ3) is 3.10. The number of hydrogen-bond acceptors (Lipinski definition) is 6. The first-order valence-corrected chi connectivity index (χ1v) is 10.6. The molecule has 0 aromatic heterocycles. The molecule has 2 atom stereocenters. The molecule has 3 aliphatic rings. The highest BCUT2D eigenvalue weighted by Crippen LogP contribution is 2.36. The summed E-state index contributed by atoms with van der Waals surface area (Å²) < 4.78 is 5.26. The number of carbonyl (C=O) groups is 2. The summed E-state index contributed by atoms with van der Waals surface area (Å²) in [5.41, 5.74) is 2.96. The highest BCUT2D eigenvalue weighted by molar-refractivity contribution is 6.09. The van der Waals surface area contributed by atoms with Gasteiger partial charge in [0.1, 0.15) is 5.75 Å². The largest absolute Gasteiger partial charge is 0.497 e. The number of anilines is 1. The van der Waals surface area contributed by atoms with Crippen LogP contribution in [0.15, 0.2) is 71.5 Å². The average Bonchev–Trinajstić information content (AvgIpc) is 3.33. The van der Waals surface area contributed by atoms with E-state index in [9.17, 15) is 9.59 Å². The maximum Gasteiger partial charge on any atom is 0.328 e. The number of benzene rings is 2. The van der Waals surface area contributed by atoms with Crippen LogP contribution in [0.3, 0.4) is 0 Å². The Bertz CT molecular complexity index is 1110. The molecule has 3 aliphatic heterocycles. The van der Waals surface area contributed by atoms with Gasteiger partial charge in [-0.2, -0.15) is 0 Å². The first kappa shape index (κ1) is 20.1. The fraction of sp³-hybridized carbons (Fsp3) is 0.292. The Kier molecular flexibility index (Phi) is 4.84. The number of allylic oxidation sites excluding steroid dienone is 1. The molecule has 3 amide bonds. The van der Waals surface area contributed by atoms with Crippen molar-refractivity contribution in [2.24, 2.45) is 4.99 Å². The summed E-state index contributed by atoms with van der Waals surface area (Å²) in [6.07, 6.45) is 2.00. The quantitative estimate of drug-likeness (QED) is 0.728. The van der Waals surface area contributed by atoms with Crippen molar-refractivity contribution in [2.75, 3.05) is 25.6 Å². The fourth-order valence-electron chi connectivity index (χ4n) is 4.50. The number of rotatable bonds is 5. The van der Waals surface area contributed by atoms with Gasteiger partial charge in [0.15, 0.2) is 12.2 Å². The lowest BCUT2D eigenvalue weighted by atomic mass is 10.1. The highest BCUT2D eigenvalue weighted by atomic mass is 16.5. The van der Waals surface area contributed by atoms with Crippen LogP contribution in [0.2, 0.25) is 0 Å². The zero-order chi connectivity index (χ0) is 22.4. The smallest absolute Gasteiger partial charge is 0.328 e. The average molecular weight is 431 g/mol. The lowest BCUT2D eigenvalue weighted by Gasteiger charge is -2.40. The van der Waals surface area contributed by atoms with Crippen LogP contribution in [-0.4, -0.2) is 65.5 Å². The number of amides is 3. The van der Waals surface area contributed by atoms with E-state index >= 15 is 0 Å². The molecule has 0 saturated carbocycles. The number of aliphatic imine (C=N–C) groups is 1. The minimum atomic E-state index is -0.568. The summed E-state index contributed by atoms with van der Waals surface area (Å²) in [4.78, 5) is 38.1. The second kappa shape index (κ2) is 7.71. The van der Waals surface area contributed by atoms with E-state index in [4.69, 9.17) is 9.73 Å². The van der Waals surface area contributed by atoms with E-state index in [1.165, 1.54) is 4.90 Å². The topological polar surface area (TPSA) is 68.7 Å². The van der Waals surface area contributed by atoms with Crippen LogP contribution in [0.25, 0.3) is 0 Å². The molecule has 8 nitrogen and oxygen atoms in total. The van der Waals surface area contributed by atoms with Crippen LogP contribution in [0, 0.1) is 0 Å². The van der Waals surface area contributed by atoms with E-state index in [0.717, 1.165) is 22.7 Å². The van der Waals surface area contributed by atoms with E-state index in [1.807, 2.05) is 77.5 Å². The molecule has 5 rings (SSSR count). The fourth-order valence-corrected chi connectivity index (χ4v) is 4.50. The van der Waals surface area contributed by atoms with Crippen LogP contribution >= 0.6 is 0 Å². The normalized spacial score (nSPS) is 22.1. The van der Waals surface area contributed by atoms with Crippen molar-refractivity contribution >= 4 is 23.6 Å². The van der Waals surface area contributed by atoms with Crippen LogP contribution in [0.4, 0.5) is 10.5 Å². The Morgan fingerprint density at radius 3 is 2.44 bits per heavy atom. The second-order valence-electron chi connectivity index (χ2n) is 8.12. The maximum atomic E-state index is 13.5. The molecule has 3 heterocycles. The third-order valence-corrected chi connectivity index (χ3v) is 6.19. The van der Waals surface area contributed by atoms with Gasteiger partial charge in [-0.3, -0.25) is 14.6 Å². The van der Waals surface area contributed by atoms with Gasteiger partial charge in [0.25, 0.3) is 5.91 Å². The van der Waals surface area contributed by atoms with Crippen molar-refractivity contribution in [1.82, 2.24) is 14.7 Å². The predicted molar refractivity (Wildman–Crippen MR) is 121 cm³/mol. The van der Waals surface area contributed by atoms with Crippen molar-refractivity contribution in [1.29, 1.82) is 0 Å². The van der Waals surface area contributed by atoms with Crippen molar-refractivity contribution in [3.05, 3.63) is 72.1 Å². The van der Waals surface area contributed by atoms with Gasteiger partial charge in [-0.25, -0.2) is 9.79 Å². The number of ether oxygens (including phenoxy) is 1. The molecule has 1 fully saturated rings. The molecule has 0 radical (unpaired) electrons. The molecule has 8 heteroatoms. The zero-order valence-corrected chi connectivity index (χ0v) is 18.3. The number of guanidine groups is 1. The van der Waals surface area contributed by atoms with E-state index in [1.54, 1.807) is 19.1 Å². The molecule has 0 N–H and O–H groups in total. The Labute approximate surface area is 187 Å². The first-order chi connectivity index (χ1) is 15.5. The molecule has 0 bridgehead atoms. The molecule has 2 aromatic carbocycles. The highest BCUT2D eigenvalue weighted by Gasteiger charge is 2.54. The Morgan fingerprint density at radius 1 is 1.03 bits per heavy atom. The standard InChI is InChI=1S/C24H25N5O3/c1-16-15-28-20-21(25-23(28)29(16)18-9-11-19(32-3)12-10-18)26(2)24(31)27(22(20)30)14-13-17-7-5-4-6-8-17/h4-12,15,20-21H,13-14H2,1-3H3. The Morgan fingerprint density at radius 2 is 1.75 bits per heavy atom. The number of imide groups is 1. The molecule has 164 valence electrons. The number of methoxy groups -OCH3 is 1. The summed E-state index contributed by atoms with van der Waals surface area (Å²) in [5.74, 6) is 1.21. The summed E-state index contributed by atoms with van der Waals surface area (Å²) in [6, 6.07) is 16.7. The van der Waals surface area contributed by atoms with E-state index < -0.39 is 12.2 Å². The van der Waals surface area contributed by atoms with Crippen molar-refractivity contribution in [3.63, 3.8) is 0 Å². The van der Waals surface area contributed by atoms with Gasteiger partial charge < -0.3 is 14.5 Å². The number of likely N-dealkylation sites (N-methyl/N-ethyl adjacent to an activating group) is 1. The molecule has 0 aliphatic carbocycles. The Balaban J connectivity index is 1.41. The summed E-state index contributed by atoms with van der Waals surface area (Å²) in [6.45, 7) is 2.32. The van der Waals surface area contributed by atoms with Gasteiger partial charge in [0.05, 0.1) is 7.11 Å². The molecule has 32 heavy (non-hydrogen) atoms. The maximum absolute atomic E-state index is 13.5. The van der Waals surface area contributed by atoms with E-state index in [0.29, 0.717) is 18.9 Å². The van der Waals surface area contributed by atoms with E-state index in [-0.39, 0.29) is 11.9 Å². The number of nitrogens with zero attached hydrogens (tertiary/aromatic N) is 5. The van der Waals surface area contributed by atoms with Crippen LogP contribution < -0.4 is 9.64 Å². The van der Waals surface area contributed by atoms with Gasteiger partial charge >= 0.3 is 6.03 Å². The lowest BCUT2D eigenvalue weighted by molar-refractivity contribution is -0.136. The number of urea groups is 1. The molecular weight excluding hydrogens is 406 g/mol. The van der Waals surface area contributed by atoms with Crippen molar-refractivity contribution in [2.45, 2.75) is 25.6 Å². The number of carbonyl (C=O) groups excluding carboxylic acids is 2. The Hall–Kier alpha value is -3.81. The van der Waals surface area contributed by atoms with Gasteiger partial charge in [-0.05, 0) is 43.2 Å². The number of fused-ring (bicyclic) bond motifs is 3. The molecular formula is C24H25N5O3. The van der Waals surface area contributed by atoms with Gasteiger partial charge in [0, 0.05) is 31.2 Å². The van der Waals surface area contributed by atoms with Crippen LogP contribution in [0.5, 0.6) is 5.75 Å². The van der Waals surface area contributed by atoms with Crippen LogP contribution in [-0.2, 0) is 11.2 Å². The van der Waals surface area contributed by atoms with E-state index in [2.05, 4.69) is 0 Å². The molecule has 1 saturated heterocycles. The van der Waals surface area contributed by atoms with Gasteiger partial charge in [-0.1, -0.05) is 30.3 Å². The minimum Gasteiger partial charge on any atom is -0.497 e. The van der Waals surface area contributed by atoms with Crippen LogP contribution in [0.1, 0.15) is 12.5 Å². The van der Waals surface area contributed by atoms with Crippen molar-refractivity contribution in [3.8, 4) is 5.75 Å². The lowest BCUT2D eigenvalue weighted by Crippen LogP contribution is -2.64. The summed E-state index contributed by atoms with van der Waals surface area (Å²) >= 11 is 0. The van der Waals surface area contributed by atoms with Gasteiger partial charge in [-0.15, -0.1) is 0 Å². The summed E-state index contributed by atoms with van der Waals surface area (Å²) in [5, 5.41) is 0.